The molecule has 0 aromatic rings. The molecule has 0 spiro atoms. The van der Waals surface area contributed by atoms with Gasteiger partial charge in [-0.2, -0.15) is 0 Å². The quantitative estimate of drug-likeness (QED) is 0.450. The Bertz CT molecular complexity index is 709. The molecule has 0 radical (unpaired) electrons. The van der Waals surface area contributed by atoms with Gasteiger partial charge in [0.15, 0.2) is 0 Å². The van der Waals surface area contributed by atoms with E-state index in [4.69, 9.17) is 4.74 Å². The van der Waals surface area contributed by atoms with Crippen LogP contribution < -0.4 is 0 Å². The van der Waals surface area contributed by atoms with Crippen LogP contribution in [0, 0.1) is 34.0 Å². The van der Waals surface area contributed by atoms with Crippen LogP contribution in [0.1, 0.15) is 92.4 Å². The Morgan fingerprint density at radius 2 is 1.79 bits per heavy atom. The van der Waals surface area contributed by atoms with Crippen molar-refractivity contribution in [1.82, 2.24) is 0 Å². The smallest absolute Gasteiger partial charge is 0.302 e. The number of hydrogen-bond acceptors (Lipinski definition) is 3. The highest BCUT2D eigenvalue weighted by molar-refractivity contribution is 5.85. The van der Waals surface area contributed by atoms with Gasteiger partial charge < -0.3 is 4.74 Å². The van der Waals surface area contributed by atoms with Gasteiger partial charge >= 0.3 is 5.97 Å². The lowest BCUT2D eigenvalue weighted by molar-refractivity contribution is -0.149. The van der Waals surface area contributed by atoms with Gasteiger partial charge in [0.05, 0.1) is 0 Å². The first-order chi connectivity index (χ1) is 13.2. The van der Waals surface area contributed by atoms with E-state index in [2.05, 4.69) is 26.8 Å². The first kappa shape index (κ1) is 20.2. The number of carbonyl (C=O) groups excluding carboxylic acids is 2. The van der Waals surface area contributed by atoms with Crippen molar-refractivity contribution in [2.24, 2.45) is 34.0 Å². The van der Waals surface area contributed by atoms with E-state index >= 15 is 0 Å². The summed E-state index contributed by atoms with van der Waals surface area (Å²) >= 11 is 0. The Morgan fingerprint density at radius 1 is 1.07 bits per heavy atom. The van der Waals surface area contributed by atoms with Crippen LogP contribution in [0.5, 0.6) is 0 Å². The molecule has 4 aliphatic rings. The molecule has 0 amide bonds. The van der Waals surface area contributed by atoms with Crippen molar-refractivity contribution < 1.29 is 14.3 Å². The van der Waals surface area contributed by atoms with Crippen molar-refractivity contribution in [2.45, 2.75) is 98.5 Å². The van der Waals surface area contributed by atoms with E-state index in [-0.39, 0.29) is 28.3 Å². The van der Waals surface area contributed by atoms with Crippen molar-refractivity contribution in [3.63, 3.8) is 0 Å². The average Bonchev–Trinajstić information content (AvgIpc) is 2.93. The molecule has 3 nitrogen and oxygen atoms in total. The van der Waals surface area contributed by atoms with Gasteiger partial charge in [0, 0.05) is 25.2 Å². The topological polar surface area (TPSA) is 43.4 Å². The minimum atomic E-state index is -0.151. The second-order valence-corrected chi connectivity index (χ2v) is 10.8. The summed E-state index contributed by atoms with van der Waals surface area (Å²) in [4.78, 5) is 24.3. The lowest BCUT2D eigenvalue weighted by Crippen LogP contribution is -2.53. The fourth-order valence-electron chi connectivity index (χ4n) is 8.08. The molecule has 0 bridgehead atoms. The molecule has 0 heterocycles. The van der Waals surface area contributed by atoms with Crippen LogP contribution in [-0.2, 0) is 14.3 Å². The lowest BCUT2D eigenvalue weighted by Gasteiger charge is -2.59. The van der Waals surface area contributed by atoms with E-state index in [0.717, 1.165) is 38.0 Å². The van der Waals surface area contributed by atoms with Gasteiger partial charge in [0.1, 0.15) is 11.9 Å². The molecular weight excluding hydrogens is 348 g/mol. The Hall–Kier alpha value is -1.12. The summed E-state index contributed by atoms with van der Waals surface area (Å²) < 4.78 is 5.56. The van der Waals surface area contributed by atoms with Crippen molar-refractivity contribution in [1.29, 1.82) is 0 Å². The molecule has 4 rings (SSSR count). The fourth-order valence-corrected chi connectivity index (χ4v) is 8.08. The zero-order valence-electron chi connectivity index (χ0n) is 18.5. The second-order valence-electron chi connectivity index (χ2n) is 10.8. The van der Waals surface area contributed by atoms with Gasteiger partial charge in [-0.25, -0.2) is 0 Å². The number of ketones is 1. The van der Waals surface area contributed by atoms with Gasteiger partial charge in [-0.3, -0.25) is 9.59 Å². The number of Topliss-reactive ketones (excluding diaryl/α,β-unsaturated/α-hetero) is 1. The highest BCUT2D eigenvalue weighted by atomic mass is 16.5. The highest BCUT2D eigenvalue weighted by Gasteiger charge is 2.64. The van der Waals surface area contributed by atoms with Gasteiger partial charge in [0.2, 0.25) is 0 Å². The fraction of sp³-hybridized carbons (Fsp3) is 0.840. The largest absolute Gasteiger partial charge is 0.462 e. The van der Waals surface area contributed by atoms with Crippen molar-refractivity contribution in [3.05, 3.63) is 11.6 Å². The minimum absolute atomic E-state index is 0.0687. The van der Waals surface area contributed by atoms with Crippen molar-refractivity contribution in [2.75, 3.05) is 0 Å². The number of rotatable bonds is 3. The zero-order chi connectivity index (χ0) is 20.3. The van der Waals surface area contributed by atoms with Gasteiger partial charge in [-0.1, -0.05) is 39.3 Å². The summed E-state index contributed by atoms with van der Waals surface area (Å²) in [6.07, 6.45) is 12.2. The third kappa shape index (κ3) is 2.67. The predicted molar refractivity (Wildman–Crippen MR) is 111 cm³/mol. The van der Waals surface area contributed by atoms with E-state index in [9.17, 15) is 9.59 Å². The van der Waals surface area contributed by atoms with Crippen LogP contribution in [0.25, 0.3) is 0 Å². The van der Waals surface area contributed by atoms with Crippen molar-refractivity contribution >= 4 is 11.8 Å². The van der Waals surface area contributed by atoms with Crippen LogP contribution in [0.2, 0.25) is 0 Å². The van der Waals surface area contributed by atoms with E-state index in [1.807, 2.05) is 6.92 Å². The Morgan fingerprint density at radius 3 is 2.46 bits per heavy atom. The highest BCUT2D eigenvalue weighted by Crippen LogP contribution is 2.69. The molecule has 0 aromatic carbocycles. The molecule has 0 saturated heterocycles. The first-order valence-corrected chi connectivity index (χ1v) is 11.6. The average molecular weight is 387 g/mol. The summed E-state index contributed by atoms with van der Waals surface area (Å²) in [7, 11) is 0. The molecule has 0 aliphatic heterocycles. The van der Waals surface area contributed by atoms with Crippen LogP contribution in [-0.4, -0.2) is 17.9 Å². The molecule has 3 heteroatoms. The van der Waals surface area contributed by atoms with Crippen LogP contribution in [0.15, 0.2) is 11.6 Å². The summed E-state index contributed by atoms with van der Waals surface area (Å²) in [5, 5.41) is 0. The predicted octanol–water partition coefficient (Wildman–Crippen LogP) is 5.87. The molecule has 3 fully saturated rings. The summed E-state index contributed by atoms with van der Waals surface area (Å²) in [6, 6.07) is 0. The zero-order valence-corrected chi connectivity index (χ0v) is 18.5. The van der Waals surface area contributed by atoms with E-state index in [0.29, 0.717) is 24.0 Å². The molecule has 4 aliphatic carbocycles. The number of esters is 1. The van der Waals surface area contributed by atoms with E-state index < -0.39 is 0 Å². The number of fused-ring (bicyclic) bond motifs is 5. The standard InChI is InChI=1S/C25H38O3/c1-6-22(27)25(5)14-11-21-19-8-7-17-15-18(28-16(2)26)9-12-23(17,3)20(19)10-13-24(21,25)4/h7,18-21H,6,8-15H2,1-5H3. The number of hydrogen-bond donors (Lipinski definition) is 0. The molecule has 3 saturated carbocycles. The normalized spacial score (nSPS) is 47.4. The molecule has 0 N–H and O–H groups in total. The molecule has 156 valence electrons. The maximum Gasteiger partial charge on any atom is 0.302 e. The molecule has 28 heavy (non-hydrogen) atoms. The summed E-state index contributed by atoms with van der Waals surface area (Å²) in [5.74, 6) is 2.44. The van der Waals surface area contributed by atoms with Crippen LogP contribution in [0.3, 0.4) is 0 Å². The number of carbonyl (C=O) groups is 2. The maximum atomic E-state index is 12.9. The third-order valence-corrected chi connectivity index (χ3v) is 9.93. The van der Waals surface area contributed by atoms with Gasteiger partial charge in [0.25, 0.3) is 0 Å². The lowest BCUT2D eigenvalue weighted by atomic mass is 9.45. The summed E-state index contributed by atoms with van der Waals surface area (Å²) in [5.41, 5.74) is 1.84. The number of allylic oxidation sites excluding steroid dienone is 1. The van der Waals surface area contributed by atoms with Crippen LogP contribution in [0.4, 0.5) is 0 Å². The van der Waals surface area contributed by atoms with Gasteiger partial charge in [-0.15, -0.1) is 0 Å². The monoisotopic (exact) mass is 386 g/mol. The molecule has 7 atom stereocenters. The third-order valence-electron chi connectivity index (χ3n) is 9.93. The molecular formula is C25H38O3. The van der Waals surface area contributed by atoms with E-state index in [1.54, 1.807) is 5.57 Å². The second kappa shape index (κ2) is 6.71. The first-order valence-electron chi connectivity index (χ1n) is 11.6. The van der Waals surface area contributed by atoms with Crippen molar-refractivity contribution in [3.8, 4) is 0 Å². The minimum Gasteiger partial charge on any atom is -0.462 e. The van der Waals surface area contributed by atoms with Crippen LogP contribution >= 0.6 is 0 Å². The Labute approximate surface area is 170 Å². The Kier molecular flexibility index (Phi) is 4.83. The van der Waals surface area contributed by atoms with Gasteiger partial charge in [-0.05, 0) is 73.5 Å². The molecule has 0 aromatic heterocycles. The Balaban J connectivity index is 1.60. The SMILES string of the molecule is CCC(=O)C1(C)CCC2C3CC=C4CC(OC(C)=O)CCC4(C)C3CCC21C. The van der Waals surface area contributed by atoms with E-state index in [1.165, 1.54) is 26.2 Å². The summed E-state index contributed by atoms with van der Waals surface area (Å²) in [6.45, 7) is 10.8. The molecule has 7 unspecified atom stereocenters. The maximum absolute atomic E-state index is 12.9. The number of ether oxygens (including phenoxy) is 1.